The van der Waals surface area contributed by atoms with Crippen LogP contribution in [0.5, 0.6) is 0 Å². The fraction of sp³-hybridized carbons (Fsp3) is 0.462. The minimum Gasteiger partial charge on any atom is -0.462 e. The van der Waals surface area contributed by atoms with E-state index in [1.807, 2.05) is 0 Å². The van der Waals surface area contributed by atoms with Gasteiger partial charge in [0.15, 0.2) is 0 Å². The average molecular weight is 260 g/mol. The molecule has 0 atom stereocenters. The summed E-state index contributed by atoms with van der Waals surface area (Å²) in [6.07, 6.45) is 1.91. The van der Waals surface area contributed by atoms with Gasteiger partial charge in [0.1, 0.15) is 0 Å². The highest BCUT2D eigenvalue weighted by Gasteiger charge is 2.25. The van der Waals surface area contributed by atoms with Gasteiger partial charge in [-0.1, -0.05) is 18.2 Å². The molecule has 1 aliphatic rings. The Labute approximate surface area is 104 Å². The molecule has 0 spiro atoms. The molecular formula is C13H15F3O2. The third kappa shape index (κ3) is 5.21. The SMILES string of the molecule is CCOC(=O)C1=CCC(=CCCC(F)(F)F)C=C1. The molecule has 5 heteroatoms. The molecule has 18 heavy (non-hydrogen) atoms. The molecule has 0 fully saturated rings. The number of hydrogen-bond acceptors (Lipinski definition) is 2. The van der Waals surface area contributed by atoms with E-state index in [9.17, 15) is 18.0 Å². The van der Waals surface area contributed by atoms with Crippen LogP contribution >= 0.6 is 0 Å². The lowest BCUT2D eigenvalue weighted by Crippen LogP contribution is -2.08. The number of hydrogen-bond donors (Lipinski definition) is 0. The summed E-state index contributed by atoms with van der Waals surface area (Å²) in [6, 6.07) is 0. The van der Waals surface area contributed by atoms with Crippen molar-refractivity contribution in [1.82, 2.24) is 0 Å². The average Bonchev–Trinajstić information content (AvgIpc) is 2.28. The van der Waals surface area contributed by atoms with Crippen molar-refractivity contribution in [2.75, 3.05) is 6.61 Å². The molecule has 100 valence electrons. The van der Waals surface area contributed by atoms with Crippen LogP contribution in [0.1, 0.15) is 26.2 Å². The van der Waals surface area contributed by atoms with Crippen molar-refractivity contribution in [3.8, 4) is 0 Å². The maximum Gasteiger partial charge on any atom is 0.389 e. The van der Waals surface area contributed by atoms with E-state index in [2.05, 4.69) is 0 Å². The summed E-state index contributed by atoms with van der Waals surface area (Å²) in [7, 11) is 0. The van der Waals surface area contributed by atoms with E-state index in [1.165, 1.54) is 0 Å². The van der Waals surface area contributed by atoms with E-state index in [0.29, 0.717) is 18.6 Å². The maximum atomic E-state index is 11.9. The van der Waals surface area contributed by atoms with Crippen molar-refractivity contribution in [1.29, 1.82) is 0 Å². The molecule has 0 unspecified atom stereocenters. The summed E-state index contributed by atoms with van der Waals surface area (Å²) in [6.45, 7) is 2.02. The first-order chi connectivity index (χ1) is 8.42. The molecule has 0 aliphatic heterocycles. The third-order valence-corrected chi connectivity index (χ3v) is 2.38. The minimum atomic E-state index is -4.12. The maximum absolute atomic E-state index is 11.9. The molecule has 1 aliphatic carbocycles. The highest BCUT2D eigenvalue weighted by molar-refractivity contribution is 5.92. The van der Waals surface area contributed by atoms with E-state index in [1.54, 1.807) is 31.2 Å². The molecule has 0 aromatic carbocycles. The van der Waals surface area contributed by atoms with Gasteiger partial charge in [0.2, 0.25) is 0 Å². The number of carbonyl (C=O) groups is 1. The fourth-order valence-corrected chi connectivity index (χ4v) is 1.50. The molecule has 0 aromatic rings. The van der Waals surface area contributed by atoms with Gasteiger partial charge in [-0.2, -0.15) is 13.2 Å². The molecule has 0 saturated carbocycles. The molecule has 0 aromatic heterocycles. The molecule has 0 saturated heterocycles. The molecule has 0 radical (unpaired) electrons. The first kappa shape index (κ1) is 14.5. The van der Waals surface area contributed by atoms with Crippen LogP contribution in [0, 0.1) is 0 Å². The topological polar surface area (TPSA) is 26.3 Å². The normalized spacial score (nSPS) is 17.8. The van der Waals surface area contributed by atoms with Gasteiger partial charge in [-0.3, -0.25) is 0 Å². The number of carbonyl (C=O) groups excluding carboxylic acids is 1. The van der Waals surface area contributed by atoms with Crippen LogP contribution in [0.2, 0.25) is 0 Å². The molecule has 1 rings (SSSR count). The summed E-state index contributed by atoms with van der Waals surface area (Å²) >= 11 is 0. The van der Waals surface area contributed by atoms with E-state index in [4.69, 9.17) is 4.74 Å². The van der Waals surface area contributed by atoms with E-state index >= 15 is 0 Å². The van der Waals surface area contributed by atoms with E-state index in [0.717, 1.165) is 5.57 Å². The summed E-state index contributed by atoms with van der Waals surface area (Å²) in [5, 5.41) is 0. The Bertz CT molecular complexity index is 390. The summed E-state index contributed by atoms with van der Waals surface area (Å²) in [4.78, 5) is 11.3. The Balaban J connectivity index is 2.46. The highest BCUT2D eigenvalue weighted by atomic mass is 19.4. The number of halogens is 3. The molecule has 0 heterocycles. The number of rotatable bonds is 4. The summed E-state index contributed by atoms with van der Waals surface area (Å²) in [5.41, 5.74) is 1.23. The van der Waals surface area contributed by atoms with Crippen molar-refractivity contribution in [3.05, 3.63) is 35.5 Å². The largest absolute Gasteiger partial charge is 0.462 e. The number of alkyl halides is 3. The van der Waals surface area contributed by atoms with Crippen molar-refractivity contribution in [2.45, 2.75) is 32.4 Å². The van der Waals surface area contributed by atoms with Gasteiger partial charge in [-0.25, -0.2) is 4.79 Å². The second-order valence-electron chi connectivity index (χ2n) is 3.85. The monoisotopic (exact) mass is 260 g/mol. The number of esters is 1. The Morgan fingerprint density at radius 2 is 2.17 bits per heavy atom. The quantitative estimate of drug-likeness (QED) is 0.720. The number of ether oxygens (including phenoxy) is 1. The van der Waals surface area contributed by atoms with Gasteiger partial charge in [-0.15, -0.1) is 0 Å². The Morgan fingerprint density at radius 1 is 1.44 bits per heavy atom. The molecule has 0 amide bonds. The van der Waals surface area contributed by atoms with Crippen LogP contribution < -0.4 is 0 Å². The van der Waals surface area contributed by atoms with Gasteiger partial charge < -0.3 is 4.74 Å². The zero-order valence-corrected chi connectivity index (χ0v) is 10.1. The second kappa shape index (κ2) is 6.42. The predicted molar refractivity (Wildman–Crippen MR) is 61.8 cm³/mol. The Hall–Kier alpha value is -1.52. The van der Waals surface area contributed by atoms with Gasteiger partial charge in [-0.05, 0) is 31.4 Å². The second-order valence-corrected chi connectivity index (χ2v) is 3.85. The zero-order chi connectivity index (χ0) is 13.6. The van der Waals surface area contributed by atoms with Crippen LogP contribution in [0.4, 0.5) is 13.2 Å². The summed E-state index contributed by atoms with van der Waals surface area (Å²) in [5.74, 6) is -0.400. The zero-order valence-electron chi connectivity index (χ0n) is 10.1. The van der Waals surface area contributed by atoms with Crippen LogP contribution in [-0.4, -0.2) is 18.8 Å². The lowest BCUT2D eigenvalue weighted by Gasteiger charge is -2.09. The van der Waals surface area contributed by atoms with Crippen molar-refractivity contribution in [2.24, 2.45) is 0 Å². The first-order valence-corrected chi connectivity index (χ1v) is 5.73. The van der Waals surface area contributed by atoms with Crippen LogP contribution in [-0.2, 0) is 9.53 Å². The van der Waals surface area contributed by atoms with Gasteiger partial charge in [0.25, 0.3) is 0 Å². The Kier molecular flexibility index (Phi) is 5.19. The first-order valence-electron chi connectivity index (χ1n) is 5.73. The lowest BCUT2D eigenvalue weighted by atomic mass is 10.0. The van der Waals surface area contributed by atoms with Crippen LogP contribution in [0.15, 0.2) is 35.5 Å². The van der Waals surface area contributed by atoms with Crippen molar-refractivity contribution < 1.29 is 22.7 Å². The highest BCUT2D eigenvalue weighted by Crippen LogP contribution is 2.23. The molecular weight excluding hydrogens is 245 g/mol. The van der Waals surface area contributed by atoms with E-state index in [-0.39, 0.29) is 6.42 Å². The standard InChI is InChI=1S/C13H15F3O2/c1-2-18-12(17)11-7-5-10(6-8-11)4-3-9-13(14,15)16/h4-5,7-8H,2-3,6,9H2,1H3. The lowest BCUT2D eigenvalue weighted by molar-refractivity contribution is -0.138. The smallest absolute Gasteiger partial charge is 0.389 e. The Morgan fingerprint density at radius 3 is 2.67 bits per heavy atom. The molecule has 2 nitrogen and oxygen atoms in total. The number of allylic oxidation sites excluding steroid dienone is 4. The fourth-order valence-electron chi connectivity index (χ4n) is 1.50. The van der Waals surface area contributed by atoms with Crippen molar-refractivity contribution >= 4 is 5.97 Å². The van der Waals surface area contributed by atoms with Gasteiger partial charge in [0, 0.05) is 6.42 Å². The minimum absolute atomic E-state index is 0.0360. The van der Waals surface area contributed by atoms with Crippen LogP contribution in [0.25, 0.3) is 0 Å². The molecule has 0 bridgehead atoms. The van der Waals surface area contributed by atoms with Gasteiger partial charge in [0.05, 0.1) is 12.2 Å². The predicted octanol–water partition coefficient (Wildman–Crippen LogP) is 3.70. The van der Waals surface area contributed by atoms with E-state index < -0.39 is 18.6 Å². The molecule has 0 N–H and O–H groups in total. The third-order valence-electron chi connectivity index (χ3n) is 2.38. The summed E-state index contributed by atoms with van der Waals surface area (Å²) < 4.78 is 40.6. The van der Waals surface area contributed by atoms with Crippen LogP contribution in [0.3, 0.4) is 0 Å². The van der Waals surface area contributed by atoms with Crippen molar-refractivity contribution in [3.63, 3.8) is 0 Å². The van der Waals surface area contributed by atoms with Gasteiger partial charge >= 0.3 is 12.1 Å².